The summed E-state index contributed by atoms with van der Waals surface area (Å²) < 4.78 is 0. The molecule has 0 aromatic carbocycles. The number of rotatable bonds is 2. The van der Waals surface area contributed by atoms with E-state index in [9.17, 15) is 10.1 Å². The molecule has 2 rings (SSSR count). The number of anilines is 1. The van der Waals surface area contributed by atoms with Gasteiger partial charge in [0.05, 0.1) is 11.1 Å². The molecule has 1 aromatic rings. The third-order valence-corrected chi connectivity index (χ3v) is 5.33. The van der Waals surface area contributed by atoms with Crippen molar-refractivity contribution in [3.63, 3.8) is 0 Å². The number of nitrogens with zero attached hydrogens (tertiary/aromatic N) is 1. The van der Waals surface area contributed by atoms with Crippen LogP contribution in [0.5, 0.6) is 0 Å². The summed E-state index contributed by atoms with van der Waals surface area (Å²) in [6, 6.07) is 2.17. The van der Waals surface area contributed by atoms with Gasteiger partial charge in [-0.15, -0.1) is 11.3 Å². The Morgan fingerprint density at radius 2 is 2.25 bits per heavy atom. The minimum Gasteiger partial charge on any atom is -0.317 e. The monoisotopic (exact) mass is 291 g/mol. The Kier molecular flexibility index (Phi) is 4.17. The summed E-state index contributed by atoms with van der Waals surface area (Å²) in [4.78, 5) is 13.5. The van der Waals surface area contributed by atoms with Crippen molar-refractivity contribution < 1.29 is 4.79 Å². The Morgan fingerprint density at radius 3 is 2.85 bits per heavy atom. The number of amides is 1. The molecule has 1 fully saturated rings. The topological polar surface area (TPSA) is 78.9 Å². The Labute approximate surface area is 124 Å². The summed E-state index contributed by atoms with van der Waals surface area (Å²) >= 11 is 1.45. The molecule has 3 N–H and O–H groups in total. The summed E-state index contributed by atoms with van der Waals surface area (Å²) in [6.45, 7) is 5.99. The fraction of sp³-hybridized carbons (Fsp3) is 0.600. The van der Waals surface area contributed by atoms with Gasteiger partial charge in [0.25, 0.3) is 0 Å². The van der Waals surface area contributed by atoms with Crippen LogP contribution in [0.2, 0.25) is 0 Å². The third kappa shape index (κ3) is 2.72. The first-order valence-corrected chi connectivity index (χ1v) is 7.79. The lowest BCUT2D eigenvalue weighted by molar-refractivity contribution is -0.122. The second-order valence-electron chi connectivity index (χ2n) is 5.91. The van der Waals surface area contributed by atoms with Crippen molar-refractivity contribution >= 4 is 22.2 Å². The summed E-state index contributed by atoms with van der Waals surface area (Å²) in [5, 5.41) is 12.7. The first-order chi connectivity index (χ1) is 9.37. The number of nitriles is 1. The zero-order chi connectivity index (χ0) is 14.9. The molecule has 0 aliphatic heterocycles. The highest BCUT2D eigenvalue weighted by Gasteiger charge is 2.38. The van der Waals surface area contributed by atoms with Crippen molar-refractivity contribution in [1.82, 2.24) is 0 Å². The SMILES string of the molecule is Cc1sc(NC(=O)C2(N)CCCC(C)C2)c(C#N)c1C. The molecule has 0 bridgehead atoms. The number of carbonyl (C=O) groups excluding carboxylic acids is 1. The van der Waals surface area contributed by atoms with E-state index in [-0.39, 0.29) is 5.91 Å². The predicted octanol–water partition coefficient (Wildman–Crippen LogP) is 3.08. The second-order valence-corrected chi connectivity index (χ2v) is 7.14. The summed E-state index contributed by atoms with van der Waals surface area (Å²) in [5.41, 5.74) is 7.00. The molecule has 20 heavy (non-hydrogen) atoms. The normalized spacial score (nSPS) is 26.1. The minimum absolute atomic E-state index is 0.151. The fourth-order valence-electron chi connectivity index (χ4n) is 2.88. The number of aryl methyl sites for hydroxylation is 1. The van der Waals surface area contributed by atoms with Crippen LogP contribution in [0.1, 0.15) is 48.6 Å². The van der Waals surface area contributed by atoms with Crippen LogP contribution in [0.25, 0.3) is 0 Å². The molecule has 1 heterocycles. The molecule has 5 heteroatoms. The molecule has 108 valence electrons. The predicted molar refractivity (Wildman–Crippen MR) is 81.7 cm³/mol. The quantitative estimate of drug-likeness (QED) is 0.878. The molecule has 0 radical (unpaired) electrons. The largest absolute Gasteiger partial charge is 0.317 e. The molecule has 0 spiro atoms. The van der Waals surface area contributed by atoms with Crippen molar-refractivity contribution in [3.05, 3.63) is 16.0 Å². The van der Waals surface area contributed by atoms with Gasteiger partial charge in [-0.25, -0.2) is 0 Å². The first kappa shape index (κ1) is 15.0. The van der Waals surface area contributed by atoms with E-state index in [4.69, 9.17) is 5.73 Å². The smallest absolute Gasteiger partial charge is 0.245 e. The summed E-state index contributed by atoms with van der Waals surface area (Å²) in [7, 11) is 0. The molecule has 2 unspecified atom stereocenters. The van der Waals surface area contributed by atoms with E-state index in [1.165, 1.54) is 11.3 Å². The molecule has 1 amide bonds. The highest BCUT2D eigenvalue weighted by molar-refractivity contribution is 7.16. The second kappa shape index (κ2) is 5.55. The van der Waals surface area contributed by atoms with Crippen LogP contribution in [0, 0.1) is 31.1 Å². The van der Waals surface area contributed by atoms with Crippen molar-refractivity contribution in [2.24, 2.45) is 11.7 Å². The van der Waals surface area contributed by atoms with Crippen LogP contribution in [0.3, 0.4) is 0 Å². The fourth-order valence-corrected chi connectivity index (χ4v) is 3.88. The van der Waals surface area contributed by atoms with Crippen molar-refractivity contribution in [2.75, 3.05) is 5.32 Å². The summed E-state index contributed by atoms with van der Waals surface area (Å²) in [6.07, 6.45) is 3.55. The van der Waals surface area contributed by atoms with Gasteiger partial charge in [0.1, 0.15) is 11.1 Å². The van der Waals surface area contributed by atoms with Gasteiger partial charge in [-0.2, -0.15) is 5.26 Å². The number of carbonyl (C=O) groups is 1. The van der Waals surface area contributed by atoms with Gasteiger partial charge >= 0.3 is 0 Å². The van der Waals surface area contributed by atoms with Crippen LogP contribution < -0.4 is 11.1 Å². The molecule has 1 saturated carbocycles. The van der Waals surface area contributed by atoms with Gasteiger partial charge < -0.3 is 11.1 Å². The molecule has 1 aliphatic carbocycles. The van der Waals surface area contributed by atoms with Crippen LogP contribution in [-0.2, 0) is 4.79 Å². The maximum atomic E-state index is 12.5. The van der Waals surface area contributed by atoms with Gasteiger partial charge in [0.15, 0.2) is 0 Å². The lowest BCUT2D eigenvalue weighted by atomic mass is 9.76. The van der Waals surface area contributed by atoms with E-state index >= 15 is 0 Å². The van der Waals surface area contributed by atoms with Crippen molar-refractivity contribution in [1.29, 1.82) is 5.26 Å². The maximum absolute atomic E-state index is 12.5. The first-order valence-electron chi connectivity index (χ1n) is 6.98. The number of nitrogens with two attached hydrogens (primary N) is 1. The molecule has 2 atom stereocenters. The molecule has 1 aliphatic rings. The van der Waals surface area contributed by atoms with Crippen LogP contribution in [0.15, 0.2) is 0 Å². The van der Waals surface area contributed by atoms with Crippen LogP contribution >= 0.6 is 11.3 Å². The lowest BCUT2D eigenvalue weighted by Crippen LogP contribution is -2.53. The lowest BCUT2D eigenvalue weighted by Gasteiger charge is -2.35. The van der Waals surface area contributed by atoms with Gasteiger partial charge in [0.2, 0.25) is 5.91 Å². The van der Waals surface area contributed by atoms with Gasteiger partial charge in [0, 0.05) is 4.88 Å². The standard InChI is InChI=1S/C15H21N3OS/c1-9-5-4-6-15(17,7-9)14(19)18-13-12(8-16)10(2)11(3)20-13/h9H,4-7,17H2,1-3H3,(H,18,19). The third-order valence-electron chi connectivity index (χ3n) is 4.21. The maximum Gasteiger partial charge on any atom is 0.245 e. The van der Waals surface area contributed by atoms with Crippen molar-refractivity contribution in [2.45, 2.75) is 52.0 Å². The highest BCUT2D eigenvalue weighted by Crippen LogP contribution is 2.35. The van der Waals surface area contributed by atoms with Gasteiger partial charge in [-0.05, 0) is 38.2 Å². The Hall–Kier alpha value is -1.38. The zero-order valence-electron chi connectivity index (χ0n) is 12.2. The number of thiophene rings is 1. The average Bonchev–Trinajstić information content (AvgIpc) is 2.64. The Balaban J connectivity index is 2.20. The molecule has 4 nitrogen and oxygen atoms in total. The Bertz CT molecular complexity index is 572. The number of nitrogens with one attached hydrogen (secondary N) is 1. The van der Waals surface area contributed by atoms with E-state index in [1.807, 2.05) is 13.8 Å². The van der Waals surface area contributed by atoms with Crippen LogP contribution in [-0.4, -0.2) is 11.4 Å². The highest BCUT2D eigenvalue weighted by atomic mass is 32.1. The van der Waals surface area contributed by atoms with E-state index in [1.54, 1.807) is 0 Å². The molecular weight excluding hydrogens is 270 g/mol. The minimum atomic E-state index is -0.795. The number of hydrogen-bond acceptors (Lipinski definition) is 4. The van der Waals surface area contributed by atoms with Gasteiger partial charge in [-0.3, -0.25) is 4.79 Å². The summed E-state index contributed by atoms with van der Waals surface area (Å²) in [5.74, 6) is 0.323. The van der Waals surface area contributed by atoms with E-state index < -0.39 is 5.54 Å². The average molecular weight is 291 g/mol. The molecule has 1 aromatic heterocycles. The van der Waals surface area contributed by atoms with E-state index in [2.05, 4.69) is 18.3 Å². The van der Waals surface area contributed by atoms with E-state index in [0.29, 0.717) is 29.3 Å². The van der Waals surface area contributed by atoms with Gasteiger partial charge in [-0.1, -0.05) is 19.8 Å². The molecule has 0 saturated heterocycles. The van der Waals surface area contributed by atoms with E-state index in [0.717, 1.165) is 23.3 Å². The molecular formula is C15H21N3OS. The van der Waals surface area contributed by atoms with Crippen LogP contribution in [0.4, 0.5) is 5.00 Å². The zero-order valence-corrected chi connectivity index (χ0v) is 13.1. The van der Waals surface area contributed by atoms with Crippen molar-refractivity contribution in [3.8, 4) is 6.07 Å². The number of hydrogen-bond donors (Lipinski definition) is 2. The Morgan fingerprint density at radius 1 is 1.55 bits per heavy atom.